The number of likely N-dealkylation sites (tertiary alicyclic amines) is 1. The molecular weight excluding hydrogens is 130 g/mol. The van der Waals surface area contributed by atoms with Gasteiger partial charge in [0.25, 0.3) is 0 Å². The molecule has 1 rings (SSSR count). The van der Waals surface area contributed by atoms with Crippen LogP contribution in [0.1, 0.15) is 12.8 Å². The summed E-state index contributed by atoms with van der Waals surface area (Å²) >= 11 is 0. The summed E-state index contributed by atoms with van der Waals surface area (Å²) in [5.74, 6) is 0.238. The zero-order chi connectivity index (χ0) is 7.56. The van der Waals surface area contributed by atoms with Crippen molar-refractivity contribution < 1.29 is 9.53 Å². The maximum absolute atomic E-state index is 10.9. The number of ether oxygens (including phenoxy) is 1. The number of nitrogens with zero attached hydrogens (tertiary/aromatic N) is 1. The SMILES string of the molecule is COC[C@H]1CCC(=O)N1C. The van der Waals surface area contributed by atoms with Crippen LogP contribution in [0.2, 0.25) is 0 Å². The summed E-state index contributed by atoms with van der Waals surface area (Å²) in [6.07, 6.45) is 1.63. The van der Waals surface area contributed by atoms with E-state index in [0.717, 1.165) is 6.42 Å². The molecule has 0 aromatic heterocycles. The molecule has 1 saturated heterocycles. The number of hydrogen-bond donors (Lipinski definition) is 0. The van der Waals surface area contributed by atoms with Crippen molar-refractivity contribution in [1.29, 1.82) is 0 Å². The molecule has 10 heavy (non-hydrogen) atoms. The van der Waals surface area contributed by atoms with Gasteiger partial charge in [0.2, 0.25) is 5.91 Å². The van der Waals surface area contributed by atoms with Gasteiger partial charge in [-0.15, -0.1) is 0 Å². The number of carbonyl (C=O) groups excluding carboxylic acids is 1. The molecule has 1 heterocycles. The van der Waals surface area contributed by atoms with Crippen LogP contribution in [0, 0.1) is 0 Å². The summed E-state index contributed by atoms with van der Waals surface area (Å²) in [6, 6.07) is 0.317. The maximum Gasteiger partial charge on any atom is 0.222 e. The first-order valence-corrected chi connectivity index (χ1v) is 3.50. The fraction of sp³-hybridized carbons (Fsp3) is 0.857. The van der Waals surface area contributed by atoms with Crippen LogP contribution in [0.5, 0.6) is 0 Å². The van der Waals surface area contributed by atoms with Crippen LogP contribution >= 0.6 is 0 Å². The predicted octanol–water partition coefficient (Wildman–Crippen LogP) is 0.254. The number of hydrogen-bond acceptors (Lipinski definition) is 2. The number of likely N-dealkylation sites (N-methyl/N-ethyl adjacent to an activating group) is 1. The summed E-state index contributed by atoms with van der Waals surface area (Å²) < 4.78 is 4.95. The van der Waals surface area contributed by atoms with Crippen LogP contribution in [0.3, 0.4) is 0 Å². The highest BCUT2D eigenvalue weighted by atomic mass is 16.5. The molecule has 0 aliphatic carbocycles. The highest BCUT2D eigenvalue weighted by Crippen LogP contribution is 2.15. The van der Waals surface area contributed by atoms with Gasteiger partial charge in [0.15, 0.2) is 0 Å². The highest BCUT2D eigenvalue weighted by molar-refractivity contribution is 5.78. The molecule has 1 fully saturated rings. The molecule has 0 saturated carbocycles. The van der Waals surface area contributed by atoms with Crippen molar-refractivity contribution in [2.24, 2.45) is 0 Å². The topological polar surface area (TPSA) is 29.5 Å². The number of carbonyl (C=O) groups is 1. The Labute approximate surface area is 61.0 Å². The van der Waals surface area contributed by atoms with Crippen LogP contribution in [-0.4, -0.2) is 37.6 Å². The minimum Gasteiger partial charge on any atom is -0.383 e. The monoisotopic (exact) mass is 143 g/mol. The van der Waals surface area contributed by atoms with Gasteiger partial charge in [0, 0.05) is 20.6 Å². The summed E-state index contributed by atoms with van der Waals surface area (Å²) in [5.41, 5.74) is 0. The molecule has 3 heteroatoms. The Morgan fingerprint density at radius 1 is 1.80 bits per heavy atom. The second-order valence-corrected chi connectivity index (χ2v) is 2.65. The molecule has 0 aromatic carbocycles. The zero-order valence-electron chi connectivity index (χ0n) is 6.46. The minimum absolute atomic E-state index is 0.238. The van der Waals surface area contributed by atoms with Crippen molar-refractivity contribution >= 4 is 5.91 Å². The third-order valence-corrected chi connectivity index (χ3v) is 1.99. The Morgan fingerprint density at radius 2 is 2.50 bits per heavy atom. The molecule has 0 N–H and O–H groups in total. The van der Waals surface area contributed by atoms with Crippen molar-refractivity contribution in [3.8, 4) is 0 Å². The van der Waals surface area contributed by atoms with E-state index in [1.165, 1.54) is 0 Å². The average molecular weight is 143 g/mol. The molecular formula is C7H13NO2. The van der Waals surface area contributed by atoms with Gasteiger partial charge in [0.1, 0.15) is 0 Å². The van der Waals surface area contributed by atoms with E-state index in [2.05, 4.69) is 0 Å². The third-order valence-electron chi connectivity index (χ3n) is 1.99. The van der Waals surface area contributed by atoms with Gasteiger partial charge in [-0.2, -0.15) is 0 Å². The molecule has 1 aliphatic rings. The average Bonchev–Trinajstić information content (AvgIpc) is 2.20. The fourth-order valence-corrected chi connectivity index (χ4v) is 1.25. The predicted molar refractivity (Wildman–Crippen MR) is 37.7 cm³/mol. The maximum atomic E-state index is 10.9. The van der Waals surface area contributed by atoms with Crippen molar-refractivity contribution in [3.63, 3.8) is 0 Å². The van der Waals surface area contributed by atoms with Crippen LogP contribution in [0.25, 0.3) is 0 Å². The lowest BCUT2D eigenvalue weighted by Gasteiger charge is -2.18. The Hall–Kier alpha value is -0.570. The number of amides is 1. The van der Waals surface area contributed by atoms with E-state index in [1.807, 2.05) is 7.05 Å². The molecule has 3 nitrogen and oxygen atoms in total. The lowest BCUT2D eigenvalue weighted by molar-refractivity contribution is -0.128. The largest absolute Gasteiger partial charge is 0.383 e. The number of methoxy groups -OCH3 is 1. The van der Waals surface area contributed by atoms with Crippen molar-refractivity contribution in [3.05, 3.63) is 0 Å². The summed E-state index contributed by atoms with van der Waals surface area (Å²) in [4.78, 5) is 12.7. The number of rotatable bonds is 2. The van der Waals surface area contributed by atoms with E-state index in [0.29, 0.717) is 19.1 Å². The molecule has 0 spiro atoms. The second kappa shape index (κ2) is 3.01. The Kier molecular flexibility index (Phi) is 2.27. The van der Waals surface area contributed by atoms with Gasteiger partial charge in [-0.3, -0.25) is 4.79 Å². The van der Waals surface area contributed by atoms with Gasteiger partial charge < -0.3 is 9.64 Å². The van der Waals surface area contributed by atoms with Gasteiger partial charge in [-0.25, -0.2) is 0 Å². The fourth-order valence-electron chi connectivity index (χ4n) is 1.25. The van der Waals surface area contributed by atoms with Crippen LogP contribution < -0.4 is 0 Å². The first-order chi connectivity index (χ1) is 4.75. The Bertz CT molecular complexity index is 136. The highest BCUT2D eigenvalue weighted by Gasteiger charge is 2.26. The Balaban J connectivity index is 2.41. The first-order valence-electron chi connectivity index (χ1n) is 3.50. The molecule has 1 amide bonds. The van der Waals surface area contributed by atoms with Crippen LogP contribution in [0.4, 0.5) is 0 Å². The molecule has 1 atom stereocenters. The van der Waals surface area contributed by atoms with E-state index >= 15 is 0 Å². The Morgan fingerprint density at radius 3 is 2.90 bits per heavy atom. The molecule has 0 bridgehead atoms. The summed E-state index contributed by atoms with van der Waals surface area (Å²) in [7, 11) is 3.50. The second-order valence-electron chi connectivity index (χ2n) is 2.65. The quantitative estimate of drug-likeness (QED) is 0.554. The molecule has 1 aliphatic heterocycles. The lowest BCUT2D eigenvalue weighted by Crippen LogP contribution is -2.31. The molecule has 0 radical (unpaired) electrons. The standard InChI is InChI=1S/C7H13NO2/c1-8-6(5-10-2)3-4-7(8)9/h6H,3-5H2,1-2H3/t6-/m1/s1. The van der Waals surface area contributed by atoms with E-state index in [-0.39, 0.29) is 5.91 Å². The van der Waals surface area contributed by atoms with Crippen molar-refractivity contribution in [2.45, 2.75) is 18.9 Å². The van der Waals surface area contributed by atoms with E-state index < -0.39 is 0 Å². The van der Waals surface area contributed by atoms with Crippen LogP contribution in [-0.2, 0) is 9.53 Å². The smallest absolute Gasteiger partial charge is 0.222 e. The van der Waals surface area contributed by atoms with Crippen molar-refractivity contribution in [2.75, 3.05) is 20.8 Å². The van der Waals surface area contributed by atoms with Gasteiger partial charge in [-0.05, 0) is 6.42 Å². The summed E-state index contributed by atoms with van der Waals surface area (Å²) in [5, 5.41) is 0. The molecule has 0 aromatic rings. The van der Waals surface area contributed by atoms with E-state index in [9.17, 15) is 4.79 Å². The van der Waals surface area contributed by atoms with E-state index in [1.54, 1.807) is 12.0 Å². The van der Waals surface area contributed by atoms with Gasteiger partial charge >= 0.3 is 0 Å². The van der Waals surface area contributed by atoms with Gasteiger partial charge in [-0.1, -0.05) is 0 Å². The lowest BCUT2D eigenvalue weighted by atomic mass is 10.2. The first kappa shape index (κ1) is 7.54. The van der Waals surface area contributed by atoms with Gasteiger partial charge in [0.05, 0.1) is 12.6 Å². The molecule has 0 unspecified atom stereocenters. The summed E-state index contributed by atoms with van der Waals surface area (Å²) in [6.45, 7) is 0.669. The minimum atomic E-state index is 0.238. The molecule has 58 valence electrons. The van der Waals surface area contributed by atoms with E-state index in [4.69, 9.17) is 4.74 Å². The zero-order valence-corrected chi connectivity index (χ0v) is 6.46. The third kappa shape index (κ3) is 1.29. The normalized spacial score (nSPS) is 26.0. The van der Waals surface area contributed by atoms with Crippen molar-refractivity contribution in [1.82, 2.24) is 4.90 Å². The van der Waals surface area contributed by atoms with Crippen LogP contribution in [0.15, 0.2) is 0 Å².